The highest BCUT2D eigenvalue weighted by Crippen LogP contribution is 2.48. The van der Waals surface area contributed by atoms with E-state index in [1.807, 2.05) is 12.1 Å². The van der Waals surface area contributed by atoms with Gasteiger partial charge in [-0.05, 0) is 103 Å². The van der Waals surface area contributed by atoms with Crippen LogP contribution < -0.4 is 4.18 Å². The van der Waals surface area contributed by atoms with Crippen molar-refractivity contribution in [2.45, 2.75) is 134 Å². The van der Waals surface area contributed by atoms with Gasteiger partial charge in [-0.2, -0.15) is 21.6 Å². The summed E-state index contributed by atoms with van der Waals surface area (Å²) in [5.74, 6) is -0.335. The number of alkyl halides is 3. The third kappa shape index (κ3) is 8.10. The second-order valence-corrected chi connectivity index (χ2v) is 16.2. The Balaban J connectivity index is 1.66. The lowest BCUT2D eigenvalue weighted by atomic mass is 9.76. The van der Waals surface area contributed by atoms with Crippen molar-refractivity contribution in [3.63, 3.8) is 0 Å². The van der Waals surface area contributed by atoms with E-state index in [9.17, 15) is 34.6 Å². The van der Waals surface area contributed by atoms with E-state index in [1.54, 1.807) is 0 Å². The van der Waals surface area contributed by atoms with Gasteiger partial charge in [0.2, 0.25) is 0 Å². The highest BCUT2D eigenvalue weighted by Gasteiger charge is 2.36. The summed E-state index contributed by atoms with van der Waals surface area (Å²) < 4.78 is 109. The van der Waals surface area contributed by atoms with E-state index in [2.05, 4.69) is 0 Å². The Morgan fingerprint density at radius 1 is 0.698 bits per heavy atom. The lowest BCUT2D eigenvalue weighted by Crippen LogP contribution is -2.21. The molecule has 0 N–H and O–H groups in total. The summed E-state index contributed by atoms with van der Waals surface area (Å²) in [6.07, 6.45) is 14.8. The van der Waals surface area contributed by atoms with Crippen LogP contribution in [-0.2, 0) is 20.2 Å². The maximum absolute atomic E-state index is 14.3. The van der Waals surface area contributed by atoms with Crippen LogP contribution >= 0.6 is 11.8 Å². The Hall–Kier alpha value is -1.76. The minimum atomic E-state index is -5.09. The standard InChI is InChI=1S/C31H39F3O6S3/c32-31(33,34)41-29-20-25(42(35,36)37)16-17-28(29)40-43(38,39)30-26(22-12-6-2-7-13-22)18-24(21-10-4-1-5-11-21)19-27(30)23-14-8-3-9-15-23/h16-23H,1-15H2,(H,35,36,37)/p-1. The summed E-state index contributed by atoms with van der Waals surface area (Å²) in [5.41, 5.74) is -2.33. The van der Waals surface area contributed by atoms with Gasteiger partial charge in [0.1, 0.15) is 15.0 Å². The molecule has 2 aromatic rings. The smallest absolute Gasteiger partial charge is 0.446 e. The molecule has 12 heteroatoms. The Morgan fingerprint density at radius 2 is 1.16 bits per heavy atom. The zero-order valence-electron chi connectivity index (χ0n) is 24.0. The normalized spacial score (nSPS) is 20.3. The Kier molecular flexibility index (Phi) is 10.1. The van der Waals surface area contributed by atoms with Gasteiger partial charge in [-0.1, -0.05) is 69.9 Å². The van der Waals surface area contributed by atoms with Crippen molar-refractivity contribution < 1.29 is 38.7 Å². The average molecular weight is 660 g/mol. The van der Waals surface area contributed by atoms with Gasteiger partial charge in [-0.15, -0.1) is 0 Å². The molecule has 0 spiro atoms. The number of rotatable bonds is 8. The summed E-state index contributed by atoms with van der Waals surface area (Å²) in [6, 6.07) is 6.21. The minimum absolute atomic E-state index is 0.00925. The Labute approximate surface area is 257 Å². The van der Waals surface area contributed by atoms with Gasteiger partial charge in [-0.25, -0.2) is 8.42 Å². The van der Waals surface area contributed by atoms with Crippen molar-refractivity contribution in [2.75, 3.05) is 0 Å². The van der Waals surface area contributed by atoms with Gasteiger partial charge >= 0.3 is 15.6 Å². The molecular formula is C31H38F3O6S3-. The first kappa shape index (κ1) is 32.6. The van der Waals surface area contributed by atoms with Crippen LogP contribution in [0.25, 0.3) is 0 Å². The van der Waals surface area contributed by atoms with Crippen molar-refractivity contribution in [1.82, 2.24) is 0 Å². The first-order valence-corrected chi connectivity index (χ1v) is 18.9. The summed E-state index contributed by atoms with van der Waals surface area (Å²) in [7, 11) is -9.74. The lowest BCUT2D eigenvalue weighted by Gasteiger charge is -2.32. The summed E-state index contributed by atoms with van der Waals surface area (Å²) in [4.78, 5) is -1.63. The van der Waals surface area contributed by atoms with Crippen molar-refractivity contribution in [1.29, 1.82) is 0 Å². The molecule has 0 aliphatic heterocycles. The molecule has 3 fully saturated rings. The number of hydrogen-bond acceptors (Lipinski definition) is 7. The van der Waals surface area contributed by atoms with Crippen LogP contribution in [0.5, 0.6) is 5.75 Å². The van der Waals surface area contributed by atoms with Crippen LogP contribution in [0, 0.1) is 0 Å². The predicted molar refractivity (Wildman–Crippen MR) is 158 cm³/mol. The van der Waals surface area contributed by atoms with Gasteiger partial charge in [0.15, 0.2) is 5.75 Å². The fourth-order valence-corrected chi connectivity index (χ4v) is 9.93. The number of thioether (sulfide) groups is 1. The van der Waals surface area contributed by atoms with E-state index in [0.29, 0.717) is 23.1 Å². The van der Waals surface area contributed by atoms with Gasteiger partial charge in [0, 0.05) is 0 Å². The van der Waals surface area contributed by atoms with Gasteiger partial charge in [0.25, 0.3) is 0 Å². The zero-order valence-corrected chi connectivity index (χ0v) is 26.5. The van der Waals surface area contributed by atoms with E-state index in [-0.39, 0.29) is 16.7 Å². The summed E-state index contributed by atoms with van der Waals surface area (Å²) >= 11 is -0.713. The lowest BCUT2D eigenvalue weighted by molar-refractivity contribution is -0.0328. The molecule has 3 saturated carbocycles. The molecular weight excluding hydrogens is 622 g/mol. The maximum Gasteiger partial charge on any atom is 0.446 e. The fourth-order valence-electron chi connectivity index (χ4n) is 7.17. The molecule has 0 aromatic heterocycles. The zero-order chi connectivity index (χ0) is 30.8. The molecule has 0 amide bonds. The first-order chi connectivity index (χ1) is 20.3. The quantitative estimate of drug-likeness (QED) is 0.158. The van der Waals surface area contributed by atoms with Crippen LogP contribution in [0.1, 0.15) is 131 Å². The van der Waals surface area contributed by atoms with E-state index >= 15 is 0 Å². The van der Waals surface area contributed by atoms with Crippen molar-refractivity contribution in [3.8, 4) is 5.75 Å². The topological polar surface area (TPSA) is 101 Å². The number of benzene rings is 2. The second-order valence-electron chi connectivity index (χ2n) is 12.2. The minimum Gasteiger partial charge on any atom is -0.744 e. The third-order valence-corrected chi connectivity index (χ3v) is 12.2. The predicted octanol–water partition coefficient (Wildman–Crippen LogP) is 9.11. The van der Waals surface area contributed by atoms with E-state index in [0.717, 1.165) is 108 Å². The van der Waals surface area contributed by atoms with Crippen LogP contribution in [0.2, 0.25) is 0 Å². The molecule has 0 unspecified atom stereocenters. The molecule has 43 heavy (non-hydrogen) atoms. The van der Waals surface area contributed by atoms with Crippen LogP contribution in [0.4, 0.5) is 13.2 Å². The summed E-state index contributed by atoms with van der Waals surface area (Å²) in [6.45, 7) is 0. The van der Waals surface area contributed by atoms with E-state index in [1.165, 1.54) is 6.42 Å². The average Bonchev–Trinajstić information content (AvgIpc) is 2.97. The molecule has 6 nitrogen and oxygen atoms in total. The number of hydrogen-bond donors (Lipinski definition) is 0. The highest BCUT2D eigenvalue weighted by molar-refractivity contribution is 8.00. The second kappa shape index (κ2) is 13.3. The van der Waals surface area contributed by atoms with Crippen molar-refractivity contribution >= 4 is 32.0 Å². The Bertz CT molecular complexity index is 1460. The molecule has 0 bridgehead atoms. The van der Waals surface area contributed by atoms with E-state index in [4.69, 9.17) is 4.18 Å². The molecule has 238 valence electrons. The number of halogens is 3. The molecule has 0 atom stereocenters. The molecule has 0 radical (unpaired) electrons. The van der Waals surface area contributed by atoms with Gasteiger partial charge in [-0.3, -0.25) is 0 Å². The summed E-state index contributed by atoms with van der Waals surface area (Å²) in [5, 5.41) is 0. The largest absolute Gasteiger partial charge is 0.744 e. The molecule has 0 heterocycles. The van der Waals surface area contributed by atoms with Crippen LogP contribution in [-0.4, -0.2) is 26.9 Å². The molecule has 3 aliphatic carbocycles. The van der Waals surface area contributed by atoms with Gasteiger partial charge in [0.05, 0.1) is 9.79 Å². The van der Waals surface area contributed by atoms with E-state index < -0.39 is 53.0 Å². The Morgan fingerprint density at radius 3 is 1.60 bits per heavy atom. The fraction of sp³-hybridized carbons (Fsp3) is 0.613. The molecule has 0 saturated heterocycles. The highest BCUT2D eigenvalue weighted by atomic mass is 32.2. The molecule has 5 rings (SSSR count). The molecule has 2 aromatic carbocycles. The van der Waals surface area contributed by atoms with Crippen LogP contribution in [0.15, 0.2) is 45.0 Å². The maximum atomic E-state index is 14.3. The third-order valence-electron chi connectivity index (χ3n) is 9.21. The first-order valence-electron chi connectivity index (χ1n) is 15.3. The SMILES string of the molecule is O=S(=O)([O-])c1ccc(OS(=O)(=O)c2c(C3CCCCC3)cc(C3CCCCC3)cc2C2CCCCC2)c(SC(F)(F)F)c1. The monoisotopic (exact) mass is 659 g/mol. The van der Waals surface area contributed by atoms with Gasteiger partial charge < -0.3 is 8.74 Å². The molecule has 3 aliphatic rings. The van der Waals surface area contributed by atoms with Crippen LogP contribution in [0.3, 0.4) is 0 Å². The van der Waals surface area contributed by atoms with Crippen molar-refractivity contribution in [3.05, 3.63) is 47.0 Å². The van der Waals surface area contributed by atoms with Crippen molar-refractivity contribution in [2.24, 2.45) is 0 Å².